The van der Waals surface area contributed by atoms with Crippen LogP contribution in [0.1, 0.15) is 0 Å². The van der Waals surface area contributed by atoms with Crippen molar-refractivity contribution in [3.8, 4) is 27.9 Å². The number of aromatic nitrogens is 4. The van der Waals surface area contributed by atoms with Crippen molar-refractivity contribution >= 4 is 27.9 Å². The molecule has 0 unspecified atom stereocenters. The van der Waals surface area contributed by atoms with Crippen LogP contribution in [-0.2, 0) is 0 Å². The molecule has 8 heteroatoms. The van der Waals surface area contributed by atoms with Crippen molar-refractivity contribution in [3.63, 3.8) is 0 Å². The van der Waals surface area contributed by atoms with Gasteiger partial charge in [0.15, 0.2) is 16.6 Å². The first kappa shape index (κ1) is 13.3. The van der Waals surface area contributed by atoms with E-state index >= 15 is 0 Å². The monoisotopic (exact) mass is 332 g/mol. The van der Waals surface area contributed by atoms with Crippen molar-refractivity contribution in [3.05, 3.63) is 41.6 Å². The third kappa shape index (κ3) is 2.06. The second kappa shape index (κ2) is 5.11. The highest BCUT2D eigenvalue weighted by atomic mass is 35.5. The summed E-state index contributed by atoms with van der Waals surface area (Å²) in [4.78, 5) is 0.670. The third-order valence-electron chi connectivity index (χ3n) is 3.13. The van der Waals surface area contributed by atoms with Crippen LogP contribution in [0.25, 0.3) is 27.1 Å². The summed E-state index contributed by atoms with van der Waals surface area (Å²) in [5.41, 5.74) is 0.735. The van der Waals surface area contributed by atoms with Crippen molar-refractivity contribution in [2.75, 3.05) is 7.11 Å². The van der Waals surface area contributed by atoms with Crippen molar-refractivity contribution in [1.29, 1.82) is 0 Å². The van der Waals surface area contributed by atoms with Gasteiger partial charge in [-0.05, 0) is 30.3 Å². The maximum absolute atomic E-state index is 6.08. The normalized spacial score (nSPS) is 11.2. The highest BCUT2D eigenvalue weighted by molar-refractivity contribution is 7.19. The zero-order valence-electron chi connectivity index (χ0n) is 11.4. The summed E-state index contributed by atoms with van der Waals surface area (Å²) in [7, 11) is 1.60. The third-order valence-corrected chi connectivity index (χ3v) is 4.27. The van der Waals surface area contributed by atoms with E-state index in [2.05, 4.69) is 15.3 Å². The average molecular weight is 333 g/mol. The lowest BCUT2D eigenvalue weighted by Gasteiger charge is -2.06. The summed E-state index contributed by atoms with van der Waals surface area (Å²) in [5, 5.41) is 14.2. The molecule has 0 N–H and O–H groups in total. The molecule has 22 heavy (non-hydrogen) atoms. The minimum atomic E-state index is 0.573. The molecule has 0 saturated heterocycles. The number of methoxy groups -OCH3 is 1. The molecule has 0 aliphatic rings. The molecule has 0 aliphatic heterocycles. The molecule has 0 saturated carbocycles. The van der Waals surface area contributed by atoms with Gasteiger partial charge in [0.25, 0.3) is 0 Å². The van der Waals surface area contributed by atoms with Crippen LogP contribution in [0, 0.1) is 0 Å². The van der Waals surface area contributed by atoms with Crippen LogP contribution in [-0.4, -0.2) is 26.9 Å². The van der Waals surface area contributed by atoms with E-state index in [1.165, 1.54) is 11.3 Å². The molecule has 6 nitrogen and oxygen atoms in total. The second-order valence-corrected chi connectivity index (χ2v) is 5.84. The number of benzene rings is 1. The number of ether oxygens (including phenoxy) is 1. The predicted molar refractivity (Wildman–Crippen MR) is 83.4 cm³/mol. The lowest BCUT2D eigenvalue weighted by Crippen LogP contribution is -1.94. The van der Waals surface area contributed by atoms with Crippen molar-refractivity contribution in [2.45, 2.75) is 0 Å². The molecular weight excluding hydrogens is 324 g/mol. The summed E-state index contributed by atoms with van der Waals surface area (Å²) < 4.78 is 12.4. The van der Waals surface area contributed by atoms with Crippen molar-refractivity contribution < 1.29 is 9.15 Å². The Hall–Kier alpha value is -2.38. The number of halogens is 1. The molecule has 0 bridgehead atoms. The number of rotatable bonds is 3. The average Bonchev–Trinajstić information content (AvgIpc) is 3.23. The van der Waals surface area contributed by atoms with Gasteiger partial charge in [0.2, 0.25) is 4.96 Å². The van der Waals surface area contributed by atoms with Gasteiger partial charge >= 0.3 is 0 Å². The number of fused-ring (bicyclic) bond motifs is 1. The van der Waals surface area contributed by atoms with E-state index in [-0.39, 0.29) is 0 Å². The fourth-order valence-electron chi connectivity index (χ4n) is 2.14. The van der Waals surface area contributed by atoms with Gasteiger partial charge < -0.3 is 9.15 Å². The largest absolute Gasteiger partial charge is 0.496 e. The molecule has 1 aromatic carbocycles. The van der Waals surface area contributed by atoms with Gasteiger partial charge in [0.1, 0.15) is 5.75 Å². The molecule has 0 aliphatic carbocycles. The zero-order valence-corrected chi connectivity index (χ0v) is 12.9. The van der Waals surface area contributed by atoms with Gasteiger partial charge in [-0.1, -0.05) is 22.9 Å². The van der Waals surface area contributed by atoms with Gasteiger partial charge in [-0.2, -0.15) is 4.52 Å². The first-order valence-electron chi connectivity index (χ1n) is 6.36. The Morgan fingerprint density at radius 2 is 2.18 bits per heavy atom. The summed E-state index contributed by atoms with van der Waals surface area (Å²) >= 11 is 7.48. The Labute approximate surface area is 133 Å². The standard InChI is InChI=1S/C14H9ClN4O2S/c1-20-10-5-4-8(15)7-9(10)12-16-17-14-19(12)18-13(22-14)11-3-2-6-21-11/h2-7H,1H3. The van der Waals surface area contributed by atoms with E-state index in [4.69, 9.17) is 20.8 Å². The molecular formula is C14H9ClN4O2S. The maximum Gasteiger partial charge on any atom is 0.235 e. The van der Waals surface area contributed by atoms with E-state index < -0.39 is 0 Å². The Morgan fingerprint density at radius 1 is 1.27 bits per heavy atom. The number of hydrogen-bond acceptors (Lipinski definition) is 6. The SMILES string of the molecule is COc1ccc(Cl)cc1-c1nnc2sc(-c3ccco3)nn12. The fraction of sp³-hybridized carbons (Fsp3) is 0.0714. The zero-order chi connectivity index (χ0) is 15.1. The molecule has 0 amide bonds. The molecule has 4 rings (SSSR count). The van der Waals surface area contributed by atoms with Crippen LogP contribution in [0.3, 0.4) is 0 Å². The van der Waals surface area contributed by atoms with Crippen LogP contribution in [0.15, 0.2) is 41.0 Å². The Balaban J connectivity index is 1.91. The number of nitrogens with zero attached hydrogens (tertiary/aromatic N) is 4. The molecule has 3 heterocycles. The lowest BCUT2D eigenvalue weighted by molar-refractivity contribution is 0.416. The molecule has 3 aromatic heterocycles. The summed E-state index contributed by atoms with van der Waals surface area (Å²) in [6.07, 6.45) is 1.61. The van der Waals surface area contributed by atoms with Crippen LogP contribution in [0.2, 0.25) is 5.02 Å². The van der Waals surface area contributed by atoms with E-state index in [1.54, 1.807) is 36.1 Å². The van der Waals surface area contributed by atoms with Gasteiger partial charge in [0, 0.05) is 5.02 Å². The van der Waals surface area contributed by atoms with Crippen LogP contribution >= 0.6 is 22.9 Å². The van der Waals surface area contributed by atoms with Crippen LogP contribution in [0.4, 0.5) is 0 Å². The van der Waals surface area contributed by atoms with E-state index in [0.717, 1.165) is 10.6 Å². The predicted octanol–water partition coefficient (Wildman–Crippen LogP) is 3.77. The van der Waals surface area contributed by atoms with Crippen LogP contribution in [0.5, 0.6) is 5.75 Å². The Bertz CT molecular complexity index is 945. The highest BCUT2D eigenvalue weighted by Crippen LogP contribution is 2.33. The Morgan fingerprint density at radius 3 is 2.95 bits per heavy atom. The summed E-state index contributed by atoms with van der Waals surface area (Å²) in [6, 6.07) is 9.00. The topological polar surface area (TPSA) is 65.5 Å². The number of furan rings is 1. The van der Waals surface area contributed by atoms with Gasteiger partial charge in [-0.3, -0.25) is 0 Å². The molecule has 0 fully saturated rings. The van der Waals surface area contributed by atoms with Crippen molar-refractivity contribution in [1.82, 2.24) is 19.8 Å². The first-order chi connectivity index (χ1) is 10.8. The van der Waals surface area contributed by atoms with Gasteiger partial charge in [0.05, 0.1) is 18.9 Å². The molecule has 0 radical (unpaired) electrons. The molecule has 0 spiro atoms. The summed E-state index contributed by atoms with van der Waals surface area (Å²) in [6.45, 7) is 0. The second-order valence-electron chi connectivity index (χ2n) is 4.45. The van der Waals surface area contributed by atoms with E-state index in [1.807, 2.05) is 12.1 Å². The lowest BCUT2D eigenvalue weighted by atomic mass is 10.2. The van der Waals surface area contributed by atoms with E-state index in [0.29, 0.717) is 27.3 Å². The highest BCUT2D eigenvalue weighted by Gasteiger charge is 2.18. The first-order valence-corrected chi connectivity index (χ1v) is 7.56. The minimum absolute atomic E-state index is 0.573. The number of hydrogen-bond donors (Lipinski definition) is 0. The van der Waals surface area contributed by atoms with Crippen LogP contribution < -0.4 is 4.74 Å². The molecule has 4 aromatic rings. The minimum Gasteiger partial charge on any atom is -0.496 e. The van der Waals surface area contributed by atoms with Gasteiger partial charge in [-0.25, -0.2) is 0 Å². The van der Waals surface area contributed by atoms with E-state index in [9.17, 15) is 0 Å². The van der Waals surface area contributed by atoms with Gasteiger partial charge in [-0.15, -0.1) is 15.3 Å². The maximum atomic E-state index is 6.08. The van der Waals surface area contributed by atoms with Crippen molar-refractivity contribution in [2.24, 2.45) is 0 Å². The quantitative estimate of drug-likeness (QED) is 0.571. The summed E-state index contributed by atoms with van der Waals surface area (Å²) in [5.74, 6) is 1.93. The smallest absolute Gasteiger partial charge is 0.235 e. The molecule has 110 valence electrons. The Kier molecular flexibility index (Phi) is 3.09. The fourth-order valence-corrected chi connectivity index (χ4v) is 3.12. The molecule has 0 atom stereocenters.